The van der Waals surface area contributed by atoms with Gasteiger partial charge in [-0.15, -0.1) is 0 Å². The Morgan fingerprint density at radius 1 is 0.812 bits per heavy atom. The first-order chi connectivity index (χ1) is 15.8. The summed E-state index contributed by atoms with van der Waals surface area (Å²) in [5, 5.41) is 6.61. The SMILES string of the molecule is O=C(Nc1ccc([C@@H]2C[C@H]2NCc2ccncc2)cc1)c1ccc(-c2ccccc2)cc1. The number of nitrogens with zero attached hydrogens (tertiary/aromatic N) is 1. The highest BCUT2D eigenvalue weighted by Gasteiger charge is 2.37. The number of pyridine rings is 1. The van der Waals surface area contributed by atoms with Gasteiger partial charge in [0.15, 0.2) is 0 Å². The van der Waals surface area contributed by atoms with Crippen molar-refractivity contribution in [2.75, 3.05) is 5.32 Å². The standard InChI is InChI=1S/C28H25N3O/c32-28(24-8-6-22(7-9-24)21-4-2-1-3-5-21)31-25-12-10-23(11-13-25)26-18-27(26)30-19-20-14-16-29-17-15-20/h1-17,26-27,30H,18-19H2,(H,31,32)/t26-,27+/m0/s1. The third kappa shape index (κ3) is 4.76. The van der Waals surface area contributed by atoms with Crippen molar-refractivity contribution in [1.29, 1.82) is 0 Å². The van der Waals surface area contributed by atoms with E-state index in [2.05, 4.69) is 39.9 Å². The van der Waals surface area contributed by atoms with Crippen molar-refractivity contribution < 1.29 is 4.79 Å². The summed E-state index contributed by atoms with van der Waals surface area (Å²) in [5.74, 6) is 0.438. The van der Waals surface area contributed by atoms with Crippen LogP contribution in [0.4, 0.5) is 5.69 Å². The fraction of sp³-hybridized carbons (Fsp3) is 0.143. The molecule has 1 fully saturated rings. The van der Waals surface area contributed by atoms with Crippen molar-refractivity contribution in [2.45, 2.75) is 24.9 Å². The highest BCUT2D eigenvalue weighted by atomic mass is 16.1. The first-order valence-corrected chi connectivity index (χ1v) is 11.0. The maximum atomic E-state index is 12.6. The first kappa shape index (κ1) is 20.2. The minimum atomic E-state index is -0.0966. The van der Waals surface area contributed by atoms with Gasteiger partial charge < -0.3 is 10.6 Å². The molecule has 4 nitrogen and oxygen atoms in total. The minimum absolute atomic E-state index is 0.0966. The molecule has 1 saturated carbocycles. The van der Waals surface area contributed by atoms with Crippen LogP contribution in [0.3, 0.4) is 0 Å². The highest BCUT2D eigenvalue weighted by Crippen LogP contribution is 2.41. The van der Waals surface area contributed by atoms with Gasteiger partial charge in [0.05, 0.1) is 0 Å². The lowest BCUT2D eigenvalue weighted by Crippen LogP contribution is -2.17. The van der Waals surface area contributed by atoms with Crippen molar-refractivity contribution in [2.24, 2.45) is 0 Å². The van der Waals surface area contributed by atoms with E-state index in [9.17, 15) is 4.79 Å². The molecule has 0 radical (unpaired) electrons. The number of hydrogen-bond donors (Lipinski definition) is 2. The molecular weight excluding hydrogens is 394 g/mol. The second-order valence-corrected chi connectivity index (χ2v) is 8.20. The molecule has 2 atom stereocenters. The van der Waals surface area contributed by atoms with Gasteiger partial charge in [-0.25, -0.2) is 0 Å². The van der Waals surface area contributed by atoms with Crippen LogP contribution >= 0.6 is 0 Å². The van der Waals surface area contributed by atoms with Crippen LogP contribution in [-0.2, 0) is 6.54 Å². The van der Waals surface area contributed by atoms with Crippen LogP contribution in [-0.4, -0.2) is 16.9 Å². The number of rotatable bonds is 7. The van der Waals surface area contributed by atoms with Gasteiger partial charge in [-0.1, -0.05) is 54.6 Å². The van der Waals surface area contributed by atoms with Gasteiger partial charge in [0.2, 0.25) is 0 Å². The third-order valence-electron chi connectivity index (χ3n) is 5.96. The molecular formula is C28H25N3O. The van der Waals surface area contributed by atoms with Gasteiger partial charge in [0.25, 0.3) is 5.91 Å². The van der Waals surface area contributed by atoms with E-state index < -0.39 is 0 Å². The van der Waals surface area contributed by atoms with Gasteiger partial charge >= 0.3 is 0 Å². The average Bonchev–Trinajstić information content (AvgIpc) is 3.64. The van der Waals surface area contributed by atoms with Gasteiger partial charge in [0, 0.05) is 42.1 Å². The lowest BCUT2D eigenvalue weighted by atomic mass is 10.0. The number of hydrogen-bond acceptors (Lipinski definition) is 3. The zero-order valence-electron chi connectivity index (χ0n) is 17.7. The summed E-state index contributed by atoms with van der Waals surface area (Å²) >= 11 is 0. The van der Waals surface area contributed by atoms with E-state index >= 15 is 0 Å². The summed E-state index contributed by atoms with van der Waals surface area (Å²) in [4.78, 5) is 16.7. The molecule has 3 aromatic carbocycles. The van der Waals surface area contributed by atoms with Gasteiger partial charge in [0.1, 0.15) is 0 Å². The summed E-state index contributed by atoms with van der Waals surface area (Å²) in [6.07, 6.45) is 4.79. The molecule has 0 saturated heterocycles. The molecule has 1 aliphatic carbocycles. The summed E-state index contributed by atoms with van der Waals surface area (Å²) in [5.41, 5.74) is 6.26. The number of anilines is 1. The van der Waals surface area contributed by atoms with Gasteiger partial charge in [-0.05, 0) is 65.1 Å². The molecule has 0 bridgehead atoms. The molecule has 0 spiro atoms. The van der Waals surface area contributed by atoms with Crippen LogP contribution in [0.15, 0.2) is 103 Å². The fourth-order valence-corrected chi connectivity index (χ4v) is 4.00. The van der Waals surface area contributed by atoms with Crippen molar-refractivity contribution in [3.63, 3.8) is 0 Å². The monoisotopic (exact) mass is 419 g/mol. The molecule has 0 unspecified atom stereocenters. The van der Waals surface area contributed by atoms with E-state index in [1.54, 1.807) is 0 Å². The van der Waals surface area contributed by atoms with Crippen molar-refractivity contribution in [3.8, 4) is 11.1 Å². The summed E-state index contributed by atoms with van der Waals surface area (Å²) in [6.45, 7) is 0.862. The normalized spacial score (nSPS) is 17.0. The van der Waals surface area contributed by atoms with Gasteiger partial charge in [-0.2, -0.15) is 0 Å². The second kappa shape index (κ2) is 9.16. The van der Waals surface area contributed by atoms with Crippen LogP contribution in [0.2, 0.25) is 0 Å². The zero-order valence-corrected chi connectivity index (χ0v) is 17.7. The molecule has 1 heterocycles. The Bertz CT molecular complexity index is 1170. The smallest absolute Gasteiger partial charge is 0.255 e. The molecule has 0 aliphatic heterocycles. The first-order valence-electron chi connectivity index (χ1n) is 11.0. The fourth-order valence-electron chi connectivity index (χ4n) is 4.00. The number of nitrogens with one attached hydrogen (secondary N) is 2. The number of carbonyl (C=O) groups excluding carboxylic acids is 1. The highest BCUT2D eigenvalue weighted by molar-refractivity contribution is 6.04. The molecule has 2 N–H and O–H groups in total. The third-order valence-corrected chi connectivity index (χ3v) is 5.96. The van der Waals surface area contributed by atoms with Crippen LogP contribution in [0.25, 0.3) is 11.1 Å². The zero-order chi connectivity index (χ0) is 21.8. The van der Waals surface area contributed by atoms with Crippen LogP contribution in [0, 0.1) is 0 Å². The molecule has 4 aromatic rings. The maximum absolute atomic E-state index is 12.6. The van der Waals surface area contributed by atoms with Crippen molar-refractivity contribution >= 4 is 11.6 Å². The van der Waals surface area contributed by atoms with Crippen LogP contribution < -0.4 is 10.6 Å². The predicted octanol–water partition coefficient (Wildman–Crippen LogP) is 5.65. The average molecular weight is 420 g/mol. The Morgan fingerprint density at radius 3 is 2.22 bits per heavy atom. The van der Waals surface area contributed by atoms with E-state index in [0.29, 0.717) is 17.5 Å². The van der Waals surface area contributed by atoms with E-state index in [-0.39, 0.29) is 5.91 Å². The number of carbonyl (C=O) groups is 1. The van der Waals surface area contributed by atoms with E-state index in [1.807, 2.05) is 79.1 Å². The summed E-state index contributed by atoms with van der Waals surface area (Å²) in [7, 11) is 0. The summed E-state index contributed by atoms with van der Waals surface area (Å²) in [6, 6.07) is 30.7. The van der Waals surface area contributed by atoms with E-state index in [4.69, 9.17) is 0 Å². The Morgan fingerprint density at radius 2 is 1.50 bits per heavy atom. The number of benzene rings is 3. The largest absolute Gasteiger partial charge is 0.322 e. The van der Waals surface area contributed by atoms with Gasteiger partial charge in [-0.3, -0.25) is 9.78 Å². The topological polar surface area (TPSA) is 54.0 Å². The molecule has 1 aliphatic rings. The lowest BCUT2D eigenvalue weighted by Gasteiger charge is -2.08. The Balaban J connectivity index is 1.15. The van der Waals surface area contributed by atoms with Crippen LogP contribution in [0.5, 0.6) is 0 Å². The van der Waals surface area contributed by atoms with Crippen molar-refractivity contribution in [3.05, 3.63) is 120 Å². The predicted molar refractivity (Wildman–Crippen MR) is 128 cm³/mol. The Hall–Kier alpha value is -3.76. The molecule has 158 valence electrons. The molecule has 1 amide bonds. The maximum Gasteiger partial charge on any atom is 0.255 e. The number of aromatic nitrogens is 1. The molecule has 4 heteroatoms. The Labute approximate surface area is 188 Å². The van der Waals surface area contributed by atoms with Crippen molar-refractivity contribution in [1.82, 2.24) is 10.3 Å². The molecule has 1 aromatic heterocycles. The Kier molecular flexibility index (Phi) is 5.77. The minimum Gasteiger partial charge on any atom is -0.322 e. The van der Waals surface area contributed by atoms with E-state index in [1.165, 1.54) is 11.1 Å². The lowest BCUT2D eigenvalue weighted by molar-refractivity contribution is 0.102. The number of amides is 1. The van der Waals surface area contributed by atoms with Crippen LogP contribution in [0.1, 0.15) is 33.8 Å². The second-order valence-electron chi connectivity index (χ2n) is 8.20. The quantitative estimate of drug-likeness (QED) is 0.407. The molecule has 32 heavy (non-hydrogen) atoms. The summed E-state index contributed by atoms with van der Waals surface area (Å²) < 4.78 is 0. The van der Waals surface area contributed by atoms with E-state index in [0.717, 1.165) is 29.8 Å². The molecule has 5 rings (SSSR count).